The summed E-state index contributed by atoms with van der Waals surface area (Å²) in [5, 5.41) is 19.1. The molecule has 0 spiro atoms. The number of aromatic hydroxyl groups is 1. The van der Waals surface area contributed by atoms with Gasteiger partial charge in [0.05, 0.1) is 6.61 Å². The summed E-state index contributed by atoms with van der Waals surface area (Å²) in [7, 11) is 0. The Bertz CT molecular complexity index is 488. The monoisotopic (exact) mass is 249 g/mol. The number of carbonyl (C=O) groups is 1. The summed E-state index contributed by atoms with van der Waals surface area (Å²) in [4.78, 5) is 12.5. The molecule has 0 aromatic heterocycles. The Morgan fingerprint density at radius 1 is 1.39 bits per heavy atom. The van der Waals surface area contributed by atoms with E-state index in [1.807, 2.05) is 6.07 Å². The van der Waals surface area contributed by atoms with Crippen molar-refractivity contribution < 1.29 is 19.7 Å². The van der Waals surface area contributed by atoms with Crippen LogP contribution in [-0.4, -0.2) is 40.9 Å². The molecule has 1 unspecified atom stereocenters. The van der Waals surface area contributed by atoms with Gasteiger partial charge in [-0.25, -0.2) is 4.79 Å². The maximum Gasteiger partial charge on any atom is 0.407 e. The molecule has 3 rings (SSSR count). The summed E-state index contributed by atoms with van der Waals surface area (Å²) in [6, 6.07) is 5.22. The highest BCUT2D eigenvalue weighted by atomic mass is 16.5. The topological polar surface area (TPSA) is 70.0 Å². The average molecular weight is 249 g/mol. The van der Waals surface area contributed by atoms with Gasteiger partial charge >= 0.3 is 6.09 Å². The number of likely N-dealkylation sites (tertiary alicyclic amines) is 1. The molecule has 2 aliphatic heterocycles. The van der Waals surface area contributed by atoms with Crippen molar-refractivity contribution in [3.63, 3.8) is 0 Å². The molecule has 1 fully saturated rings. The molecule has 1 amide bonds. The van der Waals surface area contributed by atoms with Crippen LogP contribution in [0.15, 0.2) is 18.2 Å². The van der Waals surface area contributed by atoms with E-state index in [-0.39, 0.29) is 17.6 Å². The van der Waals surface area contributed by atoms with Gasteiger partial charge in [0.1, 0.15) is 11.5 Å². The minimum absolute atomic E-state index is 0.0415. The number of phenols is 1. The number of fused-ring (bicyclic) bond motifs is 3. The maximum atomic E-state index is 11.1. The van der Waals surface area contributed by atoms with Crippen molar-refractivity contribution in [1.29, 1.82) is 0 Å². The number of carboxylic acid groups (broad SMARTS) is 1. The zero-order valence-electron chi connectivity index (χ0n) is 9.87. The van der Waals surface area contributed by atoms with Crippen LogP contribution in [0.2, 0.25) is 0 Å². The molecule has 5 heteroatoms. The van der Waals surface area contributed by atoms with E-state index in [9.17, 15) is 9.90 Å². The fourth-order valence-electron chi connectivity index (χ4n) is 3.00. The van der Waals surface area contributed by atoms with Gasteiger partial charge in [-0.3, -0.25) is 0 Å². The lowest BCUT2D eigenvalue weighted by Gasteiger charge is -2.17. The van der Waals surface area contributed by atoms with Gasteiger partial charge in [0.15, 0.2) is 0 Å². The molecule has 2 atom stereocenters. The van der Waals surface area contributed by atoms with Crippen LogP contribution in [0.4, 0.5) is 4.79 Å². The number of hydrogen-bond donors (Lipinski definition) is 2. The lowest BCUT2D eigenvalue weighted by Crippen LogP contribution is -2.27. The van der Waals surface area contributed by atoms with Crippen molar-refractivity contribution in [2.75, 3.05) is 19.7 Å². The van der Waals surface area contributed by atoms with Crippen LogP contribution >= 0.6 is 0 Å². The smallest absolute Gasteiger partial charge is 0.407 e. The van der Waals surface area contributed by atoms with E-state index in [0.29, 0.717) is 25.4 Å². The van der Waals surface area contributed by atoms with Crippen LogP contribution in [-0.2, 0) is 0 Å². The van der Waals surface area contributed by atoms with Crippen LogP contribution < -0.4 is 4.74 Å². The van der Waals surface area contributed by atoms with Crippen molar-refractivity contribution in [2.45, 2.75) is 12.3 Å². The molecular formula is C13H15NO4. The van der Waals surface area contributed by atoms with E-state index < -0.39 is 6.09 Å². The summed E-state index contributed by atoms with van der Waals surface area (Å²) in [6.45, 7) is 1.54. The predicted molar refractivity (Wildman–Crippen MR) is 64.0 cm³/mol. The quantitative estimate of drug-likeness (QED) is 0.736. The normalized spacial score (nSPS) is 25.9. The van der Waals surface area contributed by atoms with E-state index in [4.69, 9.17) is 9.84 Å². The lowest BCUT2D eigenvalue weighted by atomic mass is 9.87. The first-order valence-corrected chi connectivity index (χ1v) is 6.09. The number of phenolic OH excluding ortho intramolecular Hbond substituents is 1. The molecule has 2 N–H and O–H groups in total. The summed E-state index contributed by atoms with van der Waals surface area (Å²) in [5.74, 6) is 1.17. The Kier molecular flexibility index (Phi) is 2.54. The van der Waals surface area contributed by atoms with Crippen LogP contribution in [0.3, 0.4) is 0 Å². The maximum absolute atomic E-state index is 11.1. The third kappa shape index (κ3) is 1.66. The Balaban J connectivity index is 2.00. The molecule has 2 heterocycles. The van der Waals surface area contributed by atoms with E-state index >= 15 is 0 Å². The van der Waals surface area contributed by atoms with Gasteiger partial charge in [0.25, 0.3) is 0 Å². The summed E-state index contributed by atoms with van der Waals surface area (Å²) >= 11 is 0. The first-order valence-electron chi connectivity index (χ1n) is 6.09. The van der Waals surface area contributed by atoms with E-state index in [1.165, 1.54) is 4.90 Å². The van der Waals surface area contributed by atoms with Crippen LogP contribution in [0.25, 0.3) is 0 Å². The number of nitrogens with zero attached hydrogens (tertiary/aromatic N) is 1. The Labute approximate surface area is 105 Å². The van der Waals surface area contributed by atoms with E-state index in [2.05, 4.69) is 0 Å². The number of ether oxygens (including phenoxy) is 1. The minimum Gasteiger partial charge on any atom is -0.508 e. The fraction of sp³-hybridized carbons (Fsp3) is 0.462. The molecule has 0 aliphatic carbocycles. The number of amides is 1. The standard InChI is InChI=1S/C13H15NO4/c15-10-2-1-3-11-12(10)9-7-14(13(16)17)6-8(9)4-5-18-11/h1-3,8-9,15H,4-7H2,(H,16,17)/t8?,9-/m0/s1. The van der Waals surface area contributed by atoms with Crippen molar-refractivity contribution in [3.05, 3.63) is 23.8 Å². The molecule has 0 bridgehead atoms. The first-order chi connectivity index (χ1) is 8.66. The van der Waals surface area contributed by atoms with Crippen LogP contribution in [0.5, 0.6) is 11.5 Å². The van der Waals surface area contributed by atoms with Gasteiger partial charge in [-0.1, -0.05) is 6.07 Å². The average Bonchev–Trinajstić information content (AvgIpc) is 2.66. The molecule has 18 heavy (non-hydrogen) atoms. The van der Waals surface area contributed by atoms with Gasteiger partial charge in [0, 0.05) is 24.6 Å². The van der Waals surface area contributed by atoms with Gasteiger partial charge in [0.2, 0.25) is 0 Å². The molecule has 0 radical (unpaired) electrons. The second-order valence-electron chi connectivity index (χ2n) is 4.88. The molecular weight excluding hydrogens is 234 g/mol. The summed E-state index contributed by atoms with van der Waals surface area (Å²) in [5.41, 5.74) is 0.767. The second-order valence-corrected chi connectivity index (χ2v) is 4.88. The molecule has 0 saturated carbocycles. The Hall–Kier alpha value is -1.91. The molecule has 1 saturated heterocycles. The Morgan fingerprint density at radius 3 is 3.00 bits per heavy atom. The third-order valence-corrected chi connectivity index (χ3v) is 3.87. The molecule has 2 aliphatic rings. The van der Waals surface area contributed by atoms with Crippen molar-refractivity contribution in [2.24, 2.45) is 5.92 Å². The molecule has 1 aromatic rings. The third-order valence-electron chi connectivity index (χ3n) is 3.87. The molecule has 1 aromatic carbocycles. The van der Waals surface area contributed by atoms with Crippen molar-refractivity contribution in [1.82, 2.24) is 4.90 Å². The SMILES string of the molecule is O=C(O)N1CC2CCOc3cccc(O)c3[C@H]2C1. The van der Waals surface area contributed by atoms with Gasteiger partial charge in [-0.05, 0) is 24.5 Å². The largest absolute Gasteiger partial charge is 0.508 e. The second kappa shape index (κ2) is 4.08. The van der Waals surface area contributed by atoms with E-state index in [0.717, 1.165) is 12.0 Å². The molecule has 96 valence electrons. The lowest BCUT2D eigenvalue weighted by molar-refractivity contribution is 0.152. The molecule has 5 nitrogen and oxygen atoms in total. The van der Waals surface area contributed by atoms with Gasteiger partial charge in [-0.2, -0.15) is 0 Å². The zero-order valence-corrected chi connectivity index (χ0v) is 9.87. The van der Waals surface area contributed by atoms with Gasteiger partial charge < -0.3 is 19.8 Å². The Morgan fingerprint density at radius 2 is 2.22 bits per heavy atom. The predicted octanol–water partition coefficient (Wildman–Crippen LogP) is 1.87. The van der Waals surface area contributed by atoms with E-state index in [1.54, 1.807) is 12.1 Å². The van der Waals surface area contributed by atoms with Crippen molar-refractivity contribution >= 4 is 6.09 Å². The first kappa shape index (κ1) is 11.2. The summed E-state index contributed by atoms with van der Waals surface area (Å²) < 4.78 is 5.64. The number of rotatable bonds is 0. The van der Waals surface area contributed by atoms with Crippen molar-refractivity contribution in [3.8, 4) is 11.5 Å². The number of benzene rings is 1. The minimum atomic E-state index is -0.888. The zero-order chi connectivity index (χ0) is 12.7. The number of hydrogen-bond acceptors (Lipinski definition) is 3. The van der Waals surface area contributed by atoms with Crippen LogP contribution in [0, 0.1) is 5.92 Å². The summed E-state index contributed by atoms with van der Waals surface area (Å²) in [6.07, 6.45) is -0.0660. The van der Waals surface area contributed by atoms with Gasteiger partial charge in [-0.15, -0.1) is 0 Å². The highest BCUT2D eigenvalue weighted by molar-refractivity contribution is 5.66. The highest BCUT2D eigenvalue weighted by Gasteiger charge is 2.40. The van der Waals surface area contributed by atoms with Crippen LogP contribution in [0.1, 0.15) is 17.9 Å². The fourth-order valence-corrected chi connectivity index (χ4v) is 3.00. The highest BCUT2D eigenvalue weighted by Crippen LogP contribution is 2.45.